The number of amides is 2. The van der Waals surface area contributed by atoms with E-state index in [2.05, 4.69) is 10.1 Å². The molecule has 0 saturated carbocycles. The number of β-lactam (4-membered cyclic amide) rings is 1. The van der Waals surface area contributed by atoms with Gasteiger partial charge in [0.25, 0.3) is 5.91 Å². The Labute approximate surface area is 160 Å². The standard InChI is InChI=1S/C13H14N2O7S.Na/c1-8(16)22-13-11(12(18)15(13)23(19,20)21)14-10(17)7-9-5-3-2-4-6-9;/h2-6,11,13H,7H2,1H3,(H,14,17)(H,19,20,21);/q;+1/p-1/t11-,13+;/m1./s1. The maximum absolute atomic E-state index is 11.9. The van der Waals surface area contributed by atoms with Crippen molar-refractivity contribution in [3.63, 3.8) is 0 Å². The van der Waals surface area contributed by atoms with Gasteiger partial charge in [-0.2, -0.15) is 0 Å². The molecule has 0 unspecified atom stereocenters. The molecule has 1 saturated heterocycles. The summed E-state index contributed by atoms with van der Waals surface area (Å²) >= 11 is 0. The van der Waals surface area contributed by atoms with Crippen molar-refractivity contribution in [2.45, 2.75) is 25.6 Å². The molecule has 1 N–H and O–H groups in total. The summed E-state index contributed by atoms with van der Waals surface area (Å²) in [5.74, 6) is -2.61. The van der Waals surface area contributed by atoms with Crippen molar-refractivity contribution in [2.75, 3.05) is 0 Å². The second-order valence-electron chi connectivity index (χ2n) is 4.80. The van der Waals surface area contributed by atoms with Crippen LogP contribution in [0.25, 0.3) is 0 Å². The number of nitrogens with one attached hydrogen (secondary N) is 1. The molecular formula is C13H13N2NaO7S. The Hall–Kier alpha value is -1.46. The molecule has 0 spiro atoms. The summed E-state index contributed by atoms with van der Waals surface area (Å²) in [6, 6.07) is 7.21. The van der Waals surface area contributed by atoms with Crippen LogP contribution in [0.2, 0.25) is 0 Å². The van der Waals surface area contributed by atoms with E-state index in [-0.39, 0.29) is 40.3 Å². The Morgan fingerprint density at radius 1 is 1.29 bits per heavy atom. The van der Waals surface area contributed by atoms with Crippen LogP contribution in [0.4, 0.5) is 0 Å². The molecule has 124 valence electrons. The van der Waals surface area contributed by atoms with Crippen molar-refractivity contribution in [3.8, 4) is 0 Å². The summed E-state index contributed by atoms with van der Waals surface area (Å²) in [5, 5.41) is 2.26. The van der Waals surface area contributed by atoms with Gasteiger partial charge in [0.15, 0.2) is 16.3 Å². The van der Waals surface area contributed by atoms with Crippen LogP contribution in [-0.4, -0.2) is 47.3 Å². The average molecular weight is 364 g/mol. The number of carbonyl (C=O) groups excluding carboxylic acids is 3. The van der Waals surface area contributed by atoms with Gasteiger partial charge in [-0.25, -0.2) is 12.7 Å². The van der Waals surface area contributed by atoms with E-state index in [1.165, 1.54) is 0 Å². The van der Waals surface area contributed by atoms with Gasteiger partial charge < -0.3 is 14.6 Å². The first-order chi connectivity index (χ1) is 10.7. The van der Waals surface area contributed by atoms with Crippen molar-refractivity contribution in [1.29, 1.82) is 0 Å². The van der Waals surface area contributed by atoms with E-state index < -0.39 is 40.4 Å². The molecule has 11 heteroatoms. The van der Waals surface area contributed by atoms with E-state index in [4.69, 9.17) is 0 Å². The van der Waals surface area contributed by atoms with Crippen molar-refractivity contribution >= 4 is 28.1 Å². The van der Waals surface area contributed by atoms with Crippen LogP contribution in [0.1, 0.15) is 12.5 Å². The van der Waals surface area contributed by atoms with Crippen LogP contribution >= 0.6 is 0 Å². The molecule has 2 rings (SSSR count). The number of ether oxygens (including phenoxy) is 1. The minimum Gasteiger partial charge on any atom is -0.731 e. The summed E-state index contributed by atoms with van der Waals surface area (Å²) in [5.41, 5.74) is 0.675. The fourth-order valence-corrected chi connectivity index (χ4v) is 2.85. The van der Waals surface area contributed by atoms with Gasteiger partial charge in [-0.1, -0.05) is 30.3 Å². The molecular weight excluding hydrogens is 351 g/mol. The van der Waals surface area contributed by atoms with Crippen molar-refractivity contribution in [1.82, 2.24) is 9.62 Å². The summed E-state index contributed by atoms with van der Waals surface area (Å²) in [6.45, 7) is 0.987. The van der Waals surface area contributed by atoms with Gasteiger partial charge in [0.1, 0.15) is 0 Å². The second kappa shape index (κ2) is 8.08. The molecule has 24 heavy (non-hydrogen) atoms. The molecule has 0 radical (unpaired) electrons. The van der Waals surface area contributed by atoms with Gasteiger partial charge in [-0.15, -0.1) is 0 Å². The van der Waals surface area contributed by atoms with E-state index in [9.17, 15) is 27.4 Å². The van der Waals surface area contributed by atoms with E-state index >= 15 is 0 Å². The molecule has 0 aliphatic carbocycles. The number of esters is 1. The molecule has 2 atom stereocenters. The van der Waals surface area contributed by atoms with Gasteiger partial charge in [0.05, 0.1) is 6.42 Å². The van der Waals surface area contributed by atoms with Crippen molar-refractivity contribution in [2.24, 2.45) is 0 Å². The Morgan fingerprint density at radius 2 is 1.88 bits per heavy atom. The molecule has 1 aromatic rings. The third kappa shape index (κ3) is 4.77. The number of carbonyl (C=O) groups is 3. The van der Waals surface area contributed by atoms with Crippen LogP contribution < -0.4 is 34.9 Å². The zero-order valence-electron chi connectivity index (χ0n) is 13.0. The first-order valence-corrected chi connectivity index (χ1v) is 7.86. The van der Waals surface area contributed by atoms with Crippen LogP contribution in [-0.2, 0) is 35.8 Å². The Bertz CT molecular complexity index is 738. The van der Waals surface area contributed by atoms with E-state index in [0.29, 0.717) is 5.56 Å². The molecule has 1 aliphatic heterocycles. The second-order valence-corrected chi connectivity index (χ2v) is 6.05. The first kappa shape index (κ1) is 20.6. The minimum atomic E-state index is -5.13. The normalized spacial score (nSPS) is 19.8. The Kier molecular flexibility index (Phi) is 6.93. The summed E-state index contributed by atoms with van der Waals surface area (Å²) < 4.78 is 37.5. The van der Waals surface area contributed by atoms with Crippen LogP contribution in [0.3, 0.4) is 0 Å². The van der Waals surface area contributed by atoms with Crippen molar-refractivity contribution in [3.05, 3.63) is 35.9 Å². The number of hydrogen-bond donors (Lipinski definition) is 1. The molecule has 1 aromatic carbocycles. The summed E-state index contributed by atoms with van der Waals surface area (Å²) in [6.07, 6.45) is -1.72. The van der Waals surface area contributed by atoms with Gasteiger partial charge >= 0.3 is 35.5 Å². The van der Waals surface area contributed by atoms with Crippen LogP contribution in [0.5, 0.6) is 0 Å². The summed E-state index contributed by atoms with van der Waals surface area (Å²) in [4.78, 5) is 34.6. The van der Waals surface area contributed by atoms with E-state index in [1.807, 2.05) is 0 Å². The molecule has 1 aliphatic rings. The van der Waals surface area contributed by atoms with Crippen LogP contribution in [0.15, 0.2) is 30.3 Å². The first-order valence-electron chi connectivity index (χ1n) is 6.50. The van der Waals surface area contributed by atoms with E-state index in [0.717, 1.165) is 6.92 Å². The number of nitrogens with zero attached hydrogens (tertiary/aromatic N) is 1. The predicted molar refractivity (Wildman–Crippen MR) is 74.2 cm³/mol. The average Bonchev–Trinajstić information content (AvgIpc) is 2.43. The topological polar surface area (TPSA) is 133 Å². The van der Waals surface area contributed by atoms with Gasteiger partial charge in [-0.3, -0.25) is 14.4 Å². The van der Waals surface area contributed by atoms with Crippen LogP contribution in [0, 0.1) is 0 Å². The van der Waals surface area contributed by atoms with E-state index in [1.54, 1.807) is 30.3 Å². The smallest absolute Gasteiger partial charge is 0.731 e. The number of rotatable bonds is 5. The number of hydrogen-bond acceptors (Lipinski definition) is 7. The Morgan fingerprint density at radius 3 is 2.38 bits per heavy atom. The largest absolute Gasteiger partial charge is 1.00 e. The monoisotopic (exact) mass is 364 g/mol. The third-order valence-corrected chi connectivity index (χ3v) is 3.92. The maximum Gasteiger partial charge on any atom is 1.00 e. The fourth-order valence-electron chi connectivity index (χ4n) is 2.10. The zero-order chi connectivity index (χ0) is 17.2. The quantitative estimate of drug-likeness (QED) is 0.243. The summed E-state index contributed by atoms with van der Waals surface area (Å²) in [7, 11) is -5.13. The third-order valence-electron chi connectivity index (χ3n) is 3.05. The molecule has 0 bridgehead atoms. The van der Waals surface area contributed by atoms with Gasteiger partial charge in [0, 0.05) is 6.92 Å². The van der Waals surface area contributed by atoms with Crippen molar-refractivity contribution < 1.29 is 61.6 Å². The molecule has 1 fully saturated rings. The zero-order valence-corrected chi connectivity index (χ0v) is 15.8. The molecule has 0 aromatic heterocycles. The minimum absolute atomic E-state index is 0. The maximum atomic E-state index is 11.9. The van der Waals surface area contributed by atoms with Gasteiger partial charge in [0.2, 0.25) is 12.1 Å². The predicted octanol–water partition coefficient (Wildman–Crippen LogP) is -4.09. The molecule has 9 nitrogen and oxygen atoms in total. The molecule has 1 heterocycles. The van der Waals surface area contributed by atoms with Gasteiger partial charge in [-0.05, 0) is 5.56 Å². The fraction of sp³-hybridized carbons (Fsp3) is 0.308. The molecule has 2 amide bonds. The Balaban J connectivity index is 0.00000288. The SMILES string of the molecule is CC(=O)O[C@H]1[C@H](NC(=O)Cc2ccccc2)C(=O)N1S(=O)(=O)[O-].[Na+]. The number of benzene rings is 1.